The molecule has 102 valence electrons. The Morgan fingerprint density at radius 2 is 1.45 bits per heavy atom. The fourth-order valence-corrected chi connectivity index (χ4v) is 1.77. The molecule has 0 spiro atoms. The van der Waals surface area contributed by atoms with Gasteiger partial charge in [0.1, 0.15) is 11.6 Å². The number of benzene rings is 2. The zero-order valence-corrected chi connectivity index (χ0v) is 10.0. The van der Waals surface area contributed by atoms with Gasteiger partial charge in [0.15, 0.2) is 0 Å². The lowest BCUT2D eigenvalue weighted by Crippen LogP contribution is -2.03. The Bertz CT molecular complexity index is 676. The molecule has 5 nitrogen and oxygen atoms in total. The Morgan fingerprint density at radius 1 is 0.900 bits per heavy atom. The number of hydrogen-bond acceptors (Lipinski definition) is 3. The Labute approximate surface area is 112 Å². The smallest absolute Gasteiger partial charge is 0.335 e. The molecule has 0 fully saturated rings. The zero-order chi connectivity index (χ0) is 14.9. The largest absolute Gasteiger partial charge is 0.508 e. The Hall–Kier alpha value is -2.89. The summed E-state index contributed by atoms with van der Waals surface area (Å²) in [6, 6.07) is 6.67. The number of aromatic hydroxyl groups is 1. The second kappa shape index (κ2) is 5.00. The fraction of sp³-hybridized carbons (Fsp3) is 0. The molecular formula is C14H9FO5. The summed E-state index contributed by atoms with van der Waals surface area (Å²) >= 11 is 0. The SMILES string of the molecule is O=C(O)c1cc(C(=O)O)cc(-c2ccc(O)cc2F)c1. The third-order valence-corrected chi connectivity index (χ3v) is 2.69. The van der Waals surface area contributed by atoms with Crippen molar-refractivity contribution >= 4 is 11.9 Å². The minimum absolute atomic E-state index is 0.00778. The van der Waals surface area contributed by atoms with Gasteiger partial charge in [-0.15, -0.1) is 0 Å². The molecule has 0 aliphatic rings. The number of phenolic OH excluding ortho intramolecular Hbond substituents is 1. The van der Waals surface area contributed by atoms with Crippen LogP contribution in [0.1, 0.15) is 20.7 Å². The molecule has 2 aromatic rings. The standard InChI is InChI=1S/C14H9FO5/c15-12-6-10(16)1-2-11(12)7-3-8(13(17)18)5-9(4-7)14(19)20/h1-6,16H,(H,17,18)(H,19,20). The van der Waals surface area contributed by atoms with Crippen LogP contribution in [0.4, 0.5) is 4.39 Å². The van der Waals surface area contributed by atoms with Gasteiger partial charge < -0.3 is 15.3 Å². The van der Waals surface area contributed by atoms with Crippen LogP contribution in [-0.2, 0) is 0 Å². The number of phenols is 1. The van der Waals surface area contributed by atoms with Crippen molar-refractivity contribution in [1.29, 1.82) is 0 Å². The van der Waals surface area contributed by atoms with Gasteiger partial charge in [0.05, 0.1) is 11.1 Å². The van der Waals surface area contributed by atoms with E-state index in [-0.39, 0.29) is 28.0 Å². The first kappa shape index (κ1) is 13.5. The second-order valence-electron chi connectivity index (χ2n) is 4.07. The number of hydrogen-bond donors (Lipinski definition) is 3. The van der Waals surface area contributed by atoms with Crippen molar-refractivity contribution in [3.8, 4) is 16.9 Å². The van der Waals surface area contributed by atoms with Gasteiger partial charge in [-0.1, -0.05) is 0 Å². The third kappa shape index (κ3) is 2.59. The average molecular weight is 276 g/mol. The number of rotatable bonds is 3. The predicted octanol–water partition coefficient (Wildman–Crippen LogP) is 2.59. The van der Waals surface area contributed by atoms with E-state index in [9.17, 15) is 14.0 Å². The van der Waals surface area contributed by atoms with E-state index in [0.29, 0.717) is 0 Å². The van der Waals surface area contributed by atoms with Crippen molar-refractivity contribution in [2.75, 3.05) is 0 Å². The van der Waals surface area contributed by atoms with E-state index in [4.69, 9.17) is 15.3 Å². The van der Waals surface area contributed by atoms with E-state index in [2.05, 4.69) is 0 Å². The van der Waals surface area contributed by atoms with Crippen molar-refractivity contribution < 1.29 is 29.3 Å². The lowest BCUT2D eigenvalue weighted by Gasteiger charge is -2.07. The highest BCUT2D eigenvalue weighted by atomic mass is 19.1. The molecule has 0 amide bonds. The van der Waals surface area contributed by atoms with Gasteiger partial charge in [0.25, 0.3) is 0 Å². The van der Waals surface area contributed by atoms with Crippen LogP contribution in [0.15, 0.2) is 36.4 Å². The van der Waals surface area contributed by atoms with Gasteiger partial charge >= 0.3 is 11.9 Å². The van der Waals surface area contributed by atoms with Gasteiger partial charge in [0.2, 0.25) is 0 Å². The summed E-state index contributed by atoms with van der Waals surface area (Å²) in [5.74, 6) is -3.68. The van der Waals surface area contributed by atoms with E-state index < -0.39 is 17.8 Å². The van der Waals surface area contributed by atoms with Crippen molar-refractivity contribution in [3.63, 3.8) is 0 Å². The lowest BCUT2D eigenvalue weighted by molar-refractivity contribution is 0.0696. The Balaban J connectivity index is 2.66. The molecular weight excluding hydrogens is 267 g/mol. The summed E-state index contributed by atoms with van der Waals surface area (Å²) in [4.78, 5) is 21.9. The number of carbonyl (C=O) groups is 2. The van der Waals surface area contributed by atoms with E-state index >= 15 is 0 Å². The molecule has 0 atom stereocenters. The number of halogens is 1. The third-order valence-electron chi connectivity index (χ3n) is 2.69. The Morgan fingerprint density at radius 3 is 1.90 bits per heavy atom. The molecule has 0 saturated carbocycles. The van der Waals surface area contributed by atoms with Crippen molar-refractivity contribution in [2.24, 2.45) is 0 Å². The summed E-state index contributed by atoms with van der Waals surface area (Å²) in [5.41, 5.74) is -0.395. The van der Waals surface area contributed by atoms with E-state index in [1.54, 1.807) is 0 Å². The Kier molecular flexibility index (Phi) is 3.39. The summed E-state index contributed by atoms with van der Waals surface area (Å²) in [5, 5.41) is 27.0. The lowest BCUT2D eigenvalue weighted by atomic mass is 9.99. The maximum atomic E-state index is 13.7. The number of carboxylic acid groups (broad SMARTS) is 2. The molecule has 2 aromatic carbocycles. The van der Waals surface area contributed by atoms with Gasteiger partial charge in [-0.25, -0.2) is 14.0 Å². The van der Waals surface area contributed by atoms with Crippen LogP contribution in [0.3, 0.4) is 0 Å². The van der Waals surface area contributed by atoms with Gasteiger partial charge in [-0.2, -0.15) is 0 Å². The van der Waals surface area contributed by atoms with Gasteiger partial charge in [0, 0.05) is 11.6 Å². The first-order valence-corrected chi connectivity index (χ1v) is 5.49. The highest BCUT2D eigenvalue weighted by molar-refractivity contribution is 5.96. The highest BCUT2D eigenvalue weighted by Crippen LogP contribution is 2.27. The zero-order valence-electron chi connectivity index (χ0n) is 10.0. The van der Waals surface area contributed by atoms with Crippen molar-refractivity contribution in [1.82, 2.24) is 0 Å². The molecule has 0 saturated heterocycles. The summed E-state index contributed by atoms with van der Waals surface area (Å²) in [6.07, 6.45) is 0. The monoisotopic (exact) mass is 276 g/mol. The normalized spacial score (nSPS) is 10.2. The maximum absolute atomic E-state index is 13.7. The molecule has 0 bridgehead atoms. The highest BCUT2D eigenvalue weighted by Gasteiger charge is 2.14. The molecule has 0 aliphatic heterocycles. The van der Waals surface area contributed by atoms with Crippen LogP contribution in [0.5, 0.6) is 5.75 Å². The summed E-state index contributed by atoms with van der Waals surface area (Å²) in [6.45, 7) is 0. The summed E-state index contributed by atoms with van der Waals surface area (Å²) < 4.78 is 13.7. The van der Waals surface area contributed by atoms with Gasteiger partial charge in [-0.05, 0) is 35.9 Å². The molecule has 0 aromatic heterocycles. The first-order chi connectivity index (χ1) is 9.38. The molecule has 0 unspecified atom stereocenters. The molecule has 0 aliphatic carbocycles. The van der Waals surface area contributed by atoms with Crippen LogP contribution >= 0.6 is 0 Å². The summed E-state index contributed by atoms with van der Waals surface area (Å²) in [7, 11) is 0. The van der Waals surface area contributed by atoms with Crippen LogP contribution in [0.2, 0.25) is 0 Å². The van der Waals surface area contributed by atoms with Crippen molar-refractivity contribution in [3.05, 3.63) is 53.3 Å². The quantitative estimate of drug-likeness (QED) is 0.800. The molecule has 20 heavy (non-hydrogen) atoms. The second-order valence-corrected chi connectivity index (χ2v) is 4.07. The molecule has 0 radical (unpaired) electrons. The molecule has 6 heteroatoms. The minimum atomic E-state index is -1.31. The van der Waals surface area contributed by atoms with Gasteiger partial charge in [-0.3, -0.25) is 0 Å². The molecule has 0 heterocycles. The van der Waals surface area contributed by atoms with E-state index in [1.807, 2.05) is 0 Å². The maximum Gasteiger partial charge on any atom is 0.335 e. The van der Waals surface area contributed by atoms with Crippen molar-refractivity contribution in [2.45, 2.75) is 0 Å². The van der Waals surface area contributed by atoms with Crippen LogP contribution in [-0.4, -0.2) is 27.3 Å². The van der Waals surface area contributed by atoms with Crippen LogP contribution in [0.25, 0.3) is 11.1 Å². The first-order valence-electron chi connectivity index (χ1n) is 5.49. The number of aromatic carboxylic acids is 2. The predicted molar refractivity (Wildman–Crippen MR) is 67.4 cm³/mol. The molecule has 2 rings (SSSR count). The van der Waals surface area contributed by atoms with Crippen LogP contribution < -0.4 is 0 Å². The van der Waals surface area contributed by atoms with E-state index in [1.165, 1.54) is 24.3 Å². The average Bonchev–Trinajstić information content (AvgIpc) is 2.38. The topological polar surface area (TPSA) is 94.8 Å². The fourth-order valence-electron chi connectivity index (χ4n) is 1.77. The molecule has 3 N–H and O–H groups in total. The minimum Gasteiger partial charge on any atom is -0.508 e. The van der Waals surface area contributed by atoms with Crippen LogP contribution in [0, 0.1) is 5.82 Å². The van der Waals surface area contributed by atoms with E-state index in [0.717, 1.165) is 12.1 Å². The number of carboxylic acids is 2.